The number of fused-ring (bicyclic) bond motifs is 1. The van der Waals surface area contributed by atoms with Gasteiger partial charge in [-0.1, -0.05) is 12.8 Å². The maximum atomic E-state index is 12.1. The van der Waals surface area contributed by atoms with Gasteiger partial charge in [0.15, 0.2) is 0 Å². The van der Waals surface area contributed by atoms with E-state index in [4.69, 9.17) is 4.74 Å². The summed E-state index contributed by atoms with van der Waals surface area (Å²) in [6.07, 6.45) is 6.68. The molecule has 1 amide bonds. The molecular weight excluding hydrogens is 264 g/mol. The molecule has 4 heteroatoms. The van der Waals surface area contributed by atoms with Gasteiger partial charge in [0.25, 0.3) is 0 Å². The van der Waals surface area contributed by atoms with Crippen LogP contribution in [0.2, 0.25) is 0 Å². The van der Waals surface area contributed by atoms with Gasteiger partial charge in [0, 0.05) is 23.1 Å². The second-order valence-electron chi connectivity index (χ2n) is 5.65. The van der Waals surface area contributed by atoms with Crippen molar-refractivity contribution < 1.29 is 9.53 Å². The van der Waals surface area contributed by atoms with E-state index in [1.165, 1.54) is 12.8 Å². The Morgan fingerprint density at radius 1 is 1.33 bits per heavy atom. The van der Waals surface area contributed by atoms with Crippen LogP contribution in [0.5, 0.6) is 5.75 Å². The van der Waals surface area contributed by atoms with Gasteiger partial charge < -0.3 is 14.6 Å². The van der Waals surface area contributed by atoms with E-state index in [0.717, 1.165) is 29.5 Å². The molecule has 1 fully saturated rings. The quantitative estimate of drug-likeness (QED) is 0.918. The van der Waals surface area contributed by atoms with E-state index in [0.29, 0.717) is 19.2 Å². The van der Waals surface area contributed by atoms with Gasteiger partial charge in [-0.15, -0.1) is 0 Å². The Morgan fingerprint density at radius 2 is 2.14 bits per heavy atom. The maximum absolute atomic E-state index is 12.1. The lowest BCUT2D eigenvalue weighted by atomic mass is 10.2. The van der Waals surface area contributed by atoms with Gasteiger partial charge in [-0.25, -0.2) is 0 Å². The second-order valence-corrected chi connectivity index (χ2v) is 5.65. The topological polar surface area (TPSA) is 43.3 Å². The van der Waals surface area contributed by atoms with Crippen LogP contribution >= 0.6 is 0 Å². The molecule has 1 N–H and O–H groups in total. The molecule has 0 bridgehead atoms. The molecule has 0 spiro atoms. The summed E-state index contributed by atoms with van der Waals surface area (Å²) >= 11 is 0. The third-order valence-corrected chi connectivity index (χ3v) is 4.09. The van der Waals surface area contributed by atoms with Crippen molar-refractivity contribution in [1.82, 2.24) is 9.88 Å². The minimum atomic E-state index is 0.105. The Labute approximate surface area is 125 Å². The molecule has 1 saturated carbocycles. The zero-order valence-electron chi connectivity index (χ0n) is 12.5. The zero-order chi connectivity index (χ0) is 14.7. The number of ether oxygens (including phenoxy) is 1. The number of nitrogens with one attached hydrogen (secondary N) is 1. The van der Waals surface area contributed by atoms with Crippen LogP contribution in [0.15, 0.2) is 30.5 Å². The molecule has 0 saturated heterocycles. The monoisotopic (exact) mass is 286 g/mol. The van der Waals surface area contributed by atoms with E-state index in [9.17, 15) is 4.79 Å². The lowest BCUT2D eigenvalue weighted by Gasteiger charge is -2.13. The lowest BCUT2D eigenvalue weighted by Crippen LogP contribution is -2.35. The predicted molar refractivity (Wildman–Crippen MR) is 83.5 cm³/mol. The molecule has 0 radical (unpaired) electrons. The fraction of sp³-hybridized carbons (Fsp3) is 0.471. The number of hydrogen-bond donors (Lipinski definition) is 1. The van der Waals surface area contributed by atoms with Gasteiger partial charge >= 0.3 is 0 Å². The number of carbonyl (C=O) groups is 1. The molecule has 1 aromatic carbocycles. The van der Waals surface area contributed by atoms with Crippen LogP contribution in [-0.2, 0) is 11.3 Å². The highest BCUT2D eigenvalue weighted by atomic mass is 16.5. The van der Waals surface area contributed by atoms with E-state index < -0.39 is 0 Å². The molecule has 1 aromatic heterocycles. The SMILES string of the molecule is CCOc1ccc2c(ccn2CC(=O)NC2CCCC2)c1. The van der Waals surface area contributed by atoms with Crippen molar-refractivity contribution in [3.8, 4) is 5.75 Å². The average molecular weight is 286 g/mol. The number of aromatic nitrogens is 1. The fourth-order valence-electron chi connectivity index (χ4n) is 3.07. The number of rotatable bonds is 5. The Bertz CT molecular complexity index is 627. The van der Waals surface area contributed by atoms with Crippen molar-refractivity contribution in [2.24, 2.45) is 0 Å². The normalized spacial score (nSPS) is 15.5. The van der Waals surface area contributed by atoms with Crippen LogP contribution in [0.25, 0.3) is 10.9 Å². The Morgan fingerprint density at radius 3 is 2.90 bits per heavy atom. The Kier molecular flexibility index (Phi) is 4.13. The first-order valence-electron chi connectivity index (χ1n) is 7.77. The van der Waals surface area contributed by atoms with Crippen LogP contribution in [0.1, 0.15) is 32.6 Å². The lowest BCUT2D eigenvalue weighted by molar-refractivity contribution is -0.122. The van der Waals surface area contributed by atoms with E-state index in [-0.39, 0.29) is 5.91 Å². The molecule has 4 nitrogen and oxygen atoms in total. The number of benzene rings is 1. The highest BCUT2D eigenvalue weighted by Crippen LogP contribution is 2.22. The first-order valence-corrected chi connectivity index (χ1v) is 7.77. The fourth-order valence-corrected chi connectivity index (χ4v) is 3.07. The summed E-state index contributed by atoms with van der Waals surface area (Å²) in [6.45, 7) is 3.02. The molecule has 1 aliphatic rings. The molecule has 0 aliphatic heterocycles. The molecule has 1 heterocycles. The van der Waals surface area contributed by atoms with Crippen LogP contribution in [0, 0.1) is 0 Å². The van der Waals surface area contributed by atoms with Gasteiger partial charge in [0.2, 0.25) is 5.91 Å². The van der Waals surface area contributed by atoms with Gasteiger partial charge in [0.1, 0.15) is 12.3 Å². The van der Waals surface area contributed by atoms with Gasteiger partial charge in [0.05, 0.1) is 6.61 Å². The molecule has 0 unspecified atom stereocenters. The first-order chi connectivity index (χ1) is 10.3. The highest BCUT2D eigenvalue weighted by Gasteiger charge is 2.17. The van der Waals surface area contributed by atoms with Crippen molar-refractivity contribution in [2.75, 3.05) is 6.61 Å². The van der Waals surface area contributed by atoms with Crippen molar-refractivity contribution in [1.29, 1.82) is 0 Å². The summed E-state index contributed by atoms with van der Waals surface area (Å²) in [6, 6.07) is 8.40. The van der Waals surface area contributed by atoms with Crippen molar-refractivity contribution >= 4 is 16.8 Å². The standard InChI is InChI=1S/C17H22N2O2/c1-2-21-15-7-8-16-13(11-15)9-10-19(16)12-17(20)18-14-5-3-4-6-14/h7-11,14H,2-6,12H2,1H3,(H,18,20). The average Bonchev–Trinajstić information content (AvgIpc) is 3.09. The molecule has 112 valence electrons. The third kappa shape index (κ3) is 3.20. The number of hydrogen-bond acceptors (Lipinski definition) is 2. The van der Waals surface area contributed by atoms with Gasteiger partial charge in [-0.05, 0) is 44.0 Å². The van der Waals surface area contributed by atoms with E-state index >= 15 is 0 Å². The summed E-state index contributed by atoms with van der Waals surface area (Å²) in [5, 5.41) is 4.24. The van der Waals surface area contributed by atoms with Gasteiger partial charge in [-0.2, -0.15) is 0 Å². The highest BCUT2D eigenvalue weighted by molar-refractivity contribution is 5.84. The van der Waals surface area contributed by atoms with E-state index in [1.54, 1.807) is 0 Å². The summed E-state index contributed by atoms with van der Waals surface area (Å²) in [7, 11) is 0. The second kappa shape index (κ2) is 6.20. The first kappa shape index (κ1) is 14.0. The summed E-state index contributed by atoms with van der Waals surface area (Å²) in [5.74, 6) is 0.978. The maximum Gasteiger partial charge on any atom is 0.240 e. The minimum absolute atomic E-state index is 0.105. The number of amides is 1. The van der Waals surface area contributed by atoms with Gasteiger partial charge in [-0.3, -0.25) is 4.79 Å². The molecule has 21 heavy (non-hydrogen) atoms. The molecule has 3 rings (SSSR count). The largest absolute Gasteiger partial charge is 0.494 e. The summed E-state index contributed by atoms with van der Waals surface area (Å²) in [5.41, 5.74) is 1.07. The molecule has 0 atom stereocenters. The third-order valence-electron chi connectivity index (χ3n) is 4.09. The van der Waals surface area contributed by atoms with Crippen molar-refractivity contribution in [3.05, 3.63) is 30.5 Å². The summed E-state index contributed by atoms with van der Waals surface area (Å²) in [4.78, 5) is 12.1. The predicted octanol–water partition coefficient (Wildman–Crippen LogP) is 3.10. The van der Waals surface area contributed by atoms with Crippen molar-refractivity contribution in [2.45, 2.75) is 45.2 Å². The zero-order valence-corrected chi connectivity index (χ0v) is 12.5. The van der Waals surface area contributed by atoms with E-state index in [2.05, 4.69) is 5.32 Å². The minimum Gasteiger partial charge on any atom is -0.494 e. The molecule has 2 aromatic rings. The van der Waals surface area contributed by atoms with E-state index in [1.807, 2.05) is 42.0 Å². The number of nitrogens with zero attached hydrogens (tertiary/aromatic N) is 1. The van der Waals surface area contributed by atoms with Crippen molar-refractivity contribution in [3.63, 3.8) is 0 Å². The Balaban J connectivity index is 1.70. The Hall–Kier alpha value is -1.97. The van der Waals surface area contributed by atoms with Crippen LogP contribution in [0.3, 0.4) is 0 Å². The van der Waals surface area contributed by atoms with Crippen LogP contribution in [-0.4, -0.2) is 23.1 Å². The van der Waals surface area contributed by atoms with Crippen LogP contribution in [0.4, 0.5) is 0 Å². The summed E-state index contributed by atoms with van der Waals surface area (Å²) < 4.78 is 7.50. The van der Waals surface area contributed by atoms with Crippen LogP contribution < -0.4 is 10.1 Å². The molecular formula is C17H22N2O2. The number of carbonyl (C=O) groups excluding carboxylic acids is 1. The molecule has 1 aliphatic carbocycles. The smallest absolute Gasteiger partial charge is 0.240 e.